The zero-order valence-electron chi connectivity index (χ0n) is 13.3. The van der Waals surface area contributed by atoms with Gasteiger partial charge in [-0.3, -0.25) is 0 Å². The van der Waals surface area contributed by atoms with E-state index in [2.05, 4.69) is 48.3 Å². The van der Waals surface area contributed by atoms with Crippen LogP contribution >= 0.6 is 0 Å². The lowest BCUT2D eigenvalue weighted by Gasteiger charge is -2.35. The minimum Gasteiger partial charge on any atom is -0.381 e. The minimum absolute atomic E-state index is 0.624. The van der Waals surface area contributed by atoms with Gasteiger partial charge in [0.25, 0.3) is 0 Å². The number of hydrogen-bond donors (Lipinski definition) is 1. The largest absolute Gasteiger partial charge is 0.381 e. The quantitative estimate of drug-likeness (QED) is 0.916. The molecule has 3 rings (SSSR count). The highest BCUT2D eigenvalue weighted by molar-refractivity contribution is 5.70. The van der Waals surface area contributed by atoms with Crippen molar-refractivity contribution in [2.75, 3.05) is 36.5 Å². The fourth-order valence-electron chi connectivity index (χ4n) is 3.57. The van der Waals surface area contributed by atoms with E-state index in [-0.39, 0.29) is 0 Å². The highest BCUT2D eigenvalue weighted by Gasteiger charge is 2.25. The van der Waals surface area contributed by atoms with Gasteiger partial charge in [0.15, 0.2) is 0 Å². The average molecular weight is 288 g/mol. The van der Waals surface area contributed by atoms with Crippen LogP contribution in [-0.2, 0) is 4.74 Å². The third-order valence-electron chi connectivity index (χ3n) is 5.21. The Bertz CT molecular complexity index is 456. The van der Waals surface area contributed by atoms with Gasteiger partial charge in [0.05, 0.1) is 24.6 Å². The number of nitrogens with one attached hydrogen (secondary N) is 1. The summed E-state index contributed by atoms with van der Waals surface area (Å²) < 4.78 is 5.47. The Hall–Kier alpha value is -1.22. The Labute approximate surface area is 128 Å². The van der Waals surface area contributed by atoms with Crippen molar-refractivity contribution < 1.29 is 4.74 Å². The Morgan fingerprint density at radius 2 is 1.81 bits per heavy atom. The lowest BCUT2D eigenvalue weighted by molar-refractivity contribution is 0.123. The molecule has 21 heavy (non-hydrogen) atoms. The van der Waals surface area contributed by atoms with Crippen LogP contribution in [0.4, 0.5) is 11.4 Å². The second-order valence-electron chi connectivity index (χ2n) is 6.73. The first-order valence-electron chi connectivity index (χ1n) is 8.42. The standard InChI is InChI=1S/C18H28N2O/c1-14-7-8-16(13-15(14)2)19-17-5-3-4-6-18(17)20-9-11-21-12-10-20/h3-6,14-16,19H,7-13H2,1-2H3. The molecule has 3 nitrogen and oxygen atoms in total. The maximum Gasteiger partial charge on any atom is 0.0642 e. The Kier molecular flexibility index (Phi) is 4.69. The molecule has 116 valence electrons. The van der Waals surface area contributed by atoms with Crippen molar-refractivity contribution in [2.24, 2.45) is 11.8 Å². The van der Waals surface area contributed by atoms with Crippen molar-refractivity contribution in [3.8, 4) is 0 Å². The van der Waals surface area contributed by atoms with Crippen LogP contribution in [-0.4, -0.2) is 32.3 Å². The molecule has 0 amide bonds. The van der Waals surface area contributed by atoms with Crippen molar-refractivity contribution in [3.05, 3.63) is 24.3 Å². The minimum atomic E-state index is 0.624. The lowest BCUT2D eigenvalue weighted by atomic mass is 9.79. The second-order valence-corrected chi connectivity index (χ2v) is 6.73. The van der Waals surface area contributed by atoms with Crippen LogP contribution in [0.3, 0.4) is 0 Å². The lowest BCUT2D eigenvalue weighted by Crippen LogP contribution is -2.37. The number of hydrogen-bond acceptors (Lipinski definition) is 3. The first kappa shape index (κ1) is 14.7. The van der Waals surface area contributed by atoms with Crippen molar-refractivity contribution in [2.45, 2.75) is 39.2 Å². The molecular formula is C18H28N2O. The third kappa shape index (κ3) is 3.52. The molecule has 3 heteroatoms. The molecule has 1 saturated carbocycles. The third-order valence-corrected chi connectivity index (χ3v) is 5.21. The van der Waals surface area contributed by atoms with E-state index in [1.807, 2.05) is 0 Å². The molecule has 1 N–H and O–H groups in total. The van der Waals surface area contributed by atoms with E-state index in [1.165, 1.54) is 30.6 Å². The van der Waals surface area contributed by atoms with Gasteiger partial charge in [0.1, 0.15) is 0 Å². The van der Waals surface area contributed by atoms with E-state index in [4.69, 9.17) is 4.74 Å². The van der Waals surface area contributed by atoms with Crippen LogP contribution in [0, 0.1) is 11.8 Å². The maximum absolute atomic E-state index is 5.47. The van der Waals surface area contributed by atoms with Crippen LogP contribution in [0.2, 0.25) is 0 Å². The van der Waals surface area contributed by atoms with Crippen LogP contribution in [0.15, 0.2) is 24.3 Å². The number of nitrogens with zero attached hydrogens (tertiary/aromatic N) is 1. The molecule has 1 aromatic rings. The summed E-state index contributed by atoms with van der Waals surface area (Å²) in [6.45, 7) is 8.46. The molecule has 0 radical (unpaired) electrons. The summed E-state index contributed by atoms with van der Waals surface area (Å²) in [5.41, 5.74) is 2.64. The first-order valence-corrected chi connectivity index (χ1v) is 8.42. The predicted octanol–water partition coefficient (Wildman–Crippen LogP) is 3.76. The van der Waals surface area contributed by atoms with Gasteiger partial charge in [-0.1, -0.05) is 26.0 Å². The Morgan fingerprint density at radius 1 is 1.05 bits per heavy atom. The molecule has 1 aliphatic carbocycles. The summed E-state index contributed by atoms with van der Waals surface area (Å²) in [5.74, 6) is 1.70. The van der Waals surface area contributed by atoms with Crippen molar-refractivity contribution >= 4 is 11.4 Å². The smallest absolute Gasteiger partial charge is 0.0642 e. The number of anilines is 2. The van der Waals surface area contributed by atoms with Gasteiger partial charge in [-0.2, -0.15) is 0 Å². The van der Waals surface area contributed by atoms with E-state index in [9.17, 15) is 0 Å². The molecule has 2 aliphatic rings. The van der Waals surface area contributed by atoms with Crippen molar-refractivity contribution in [1.82, 2.24) is 0 Å². The van der Waals surface area contributed by atoms with E-state index < -0.39 is 0 Å². The predicted molar refractivity (Wildman–Crippen MR) is 89.1 cm³/mol. The summed E-state index contributed by atoms with van der Waals surface area (Å²) in [7, 11) is 0. The van der Waals surface area contributed by atoms with Crippen molar-refractivity contribution in [1.29, 1.82) is 0 Å². The molecule has 1 aromatic carbocycles. The number of para-hydroxylation sites is 2. The molecule has 1 saturated heterocycles. The summed E-state index contributed by atoms with van der Waals surface area (Å²) in [6, 6.07) is 9.37. The number of morpholine rings is 1. The van der Waals surface area contributed by atoms with Crippen LogP contribution in [0.5, 0.6) is 0 Å². The van der Waals surface area contributed by atoms with Gasteiger partial charge in [0, 0.05) is 19.1 Å². The molecule has 0 bridgehead atoms. The molecule has 0 spiro atoms. The SMILES string of the molecule is CC1CCC(Nc2ccccc2N2CCOCC2)CC1C. The zero-order chi connectivity index (χ0) is 14.7. The van der Waals surface area contributed by atoms with Gasteiger partial charge in [0.2, 0.25) is 0 Å². The molecule has 1 aliphatic heterocycles. The van der Waals surface area contributed by atoms with Crippen LogP contribution in [0.25, 0.3) is 0 Å². The normalized spacial score (nSPS) is 30.2. The van der Waals surface area contributed by atoms with Gasteiger partial charge in [-0.25, -0.2) is 0 Å². The second kappa shape index (κ2) is 6.69. The zero-order valence-corrected chi connectivity index (χ0v) is 13.3. The number of rotatable bonds is 3. The summed E-state index contributed by atoms with van der Waals surface area (Å²) >= 11 is 0. The molecular weight excluding hydrogens is 260 g/mol. The number of ether oxygens (including phenoxy) is 1. The Balaban J connectivity index is 1.70. The number of benzene rings is 1. The van der Waals surface area contributed by atoms with Crippen LogP contribution < -0.4 is 10.2 Å². The van der Waals surface area contributed by atoms with Gasteiger partial charge in [-0.15, -0.1) is 0 Å². The van der Waals surface area contributed by atoms with E-state index in [0.29, 0.717) is 6.04 Å². The highest BCUT2D eigenvalue weighted by Crippen LogP contribution is 2.33. The summed E-state index contributed by atoms with van der Waals surface area (Å²) in [4.78, 5) is 2.45. The topological polar surface area (TPSA) is 24.5 Å². The van der Waals surface area contributed by atoms with Gasteiger partial charge >= 0.3 is 0 Å². The molecule has 2 fully saturated rings. The highest BCUT2D eigenvalue weighted by atomic mass is 16.5. The molecule has 3 atom stereocenters. The van der Waals surface area contributed by atoms with E-state index in [1.54, 1.807) is 0 Å². The summed E-state index contributed by atoms with van der Waals surface area (Å²) in [5, 5.41) is 3.82. The fourth-order valence-corrected chi connectivity index (χ4v) is 3.57. The van der Waals surface area contributed by atoms with E-state index >= 15 is 0 Å². The summed E-state index contributed by atoms with van der Waals surface area (Å²) in [6.07, 6.45) is 3.93. The maximum atomic E-state index is 5.47. The Morgan fingerprint density at radius 3 is 2.57 bits per heavy atom. The monoisotopic (exact) mass is 288 g/mol. The fraction of sp³-hybridized carbons (Fsp3) is 0.667. The first-order chi connectivity index (χ1) is 10.2. The van der Waals surface area contributed by atoms with Gasteiger partial charge in [-0.05, 0) is 43.2 Å². The molecule has 3 unspecified atom stereocenters. The molecule has 1 heterocycles. The molecule has 0 aromatic heterocycles. The van der Waals surface area contributed by atoms with Gasteiger partial charge < -0.3 is 15.0 Å². The van der Waals surface area contributed by atoms with E-state index in [0.717, 1.165) is 38.1 Å². The van der Waals surface area contributed by atoms with Crippen molar-refractivity contribution in [3.63, 3.8) is 0 Å². The van der Waals surface area contributed by atoms with Crippen LogP contribution in [0.1, 0.15) is 33.1 Å². The average Bonchev–Trinajstić information content (AvgIpc) is 2.52.